The minimum absolute atomic E-state index is 0.0135. The number of rotatable bonds is 2. The normalized spacial score (nSPS) is 20.2. The summed E-state index contributed by atoms with van der Waals surface area (Å²) in [6, 6.07) is 17.7. The molecule has 22 heavy (non-hydrogen) atoms. The van der Waals surface area contributed by atoms with E-state index in [4.69, 9.17) is 4.74 Å². The molecule has 0 bridgehead atoms. The Hall–Kier alpha value is -1.64. The van der Waals surface area contributed by atoms with E-state index in [9.17, 15) is 0 Å². The minimum atomic E-state index is -0.0135. The monoisotopic (exact) mass is 293 g/mol. The fourth-order valence-electron chi connectivity index (χ4n) is 3.82. The van der Waals surface area contributed by atoms with Crippen LogP contribution in [0.25, 0.3) is 0 Å². The van der Waals surface area contributed by atoms with E-state index >= 15 is 0 Å². The first-order chi connectivity index (χ1) is 10.8. The van der Waals surface area contributed by atoms with Crippen molar-refractivity contribution in [1.82, 2.24) is 4.90 Å². The van der Waals surface area contributed by atoms with Gasteiger partial charge in [0.25, 0.3) is 0 Å². The smallest absolute Gasteiger partial charge is 0.0963 e. The molecule has 2 heterocycles. The van der Waals surface area contributed by atoms with Crippen molar-refractivity contribution in [3.05, 3.63) is 70.8 Å². The standard InChI is InChI=1S/C20H23NO/c1-16-6-8-17(9-7-16)14-21-12-10-20(11-13-21)19-5-3-2-4-18(19)15-22-20/h2-9H,10-15H2,1H3. The largest absolute Gasteiger partial charge is 0.365 e. The molecule has 2 nitrogen and oxygen atoms in total. The lowest BCUT2D eigenvalue weighted by Gasteiger charge is -2.39. The number of hydrogen-bond donors (Lipinski definition) is 0. The first-order valence-corrected chi connectivity index (χ1v) is 8.25. The summed E-state index contributed by atoms with van der Waals surface area (Å²) in [5.41, 5.74) is 5.55. The highest BCUT2D eigenvalue weighted by atomic mass is 16.5. The van der Waals surface area contributed by atoms with Crippen LogP contribution in [0.1, 0.15) is 35.1 Å². The van der Waals surface area contributed by atoms with Crippen LogP contribution < -0.4 is 0 Å². The van der Waals surface area contributed by atoms with Gasteiger partial charge in [0.05, 0.1) is 12.2 Å². The summed E-state index contributed by atoms with van der Waals surface area (Å²) >= 11 is 0. The molecular weight excluding hydrogens is 270 g/mol. The highest BCUT2D eigenvalue weighted by molar-refractivity contribution is 5.36. The lowest BCUT2D eigenvalue weighted by Crippen LogP contribution is -2.42. The summed E-state index contributed by atoms with van der Waals surface area (Å²) in [5, 5.41) is 0. The van der Waals surface area contributed by atoms with Gasteiger partial charge in [-0.2, -0.15) is 0 Å². The van der Waals surface area contributed by atoms with Crippen molar-refractivity contribution in [2.75, 3.05) is 13.1 Å². The number of aryl methyl sites for hydroxylation is 1. The van der Waals surface area contributed by atoms with E-state index in [1.165, 1.54) is 22.3 Å². The van der Waals surface area contributed by atoms with Gasteiger partial charge in [0.15, 0.2) is 0 Å². The zero-order chi connectivity index (χ0) is 15.0. The average Bonchev–Trinajstić information content (AvgIpc) is 2.91. The molecule has 1 fully saturated rings. The van der Waals surface area contributed by atoms with Crippen LogP contribution >= 0.6 is 0 Å². The third-order valence-electron chi connectivity index (χ3n) is 5.20. The molecule has 0 aromatic heterocycles. The van der Waals surface area contributed by atoms with Crippen molar-refractivity contribution >= 4 is 0 Å². The van der Waals surface area contributed by atoms with E-state index in [1.54, 1.807) is 0 Å². The van der Waals surface area contributed by atoms with E-state index < -0.39 is 0 Å². The molecule has 2 aromatic rings. The zero-order valence-electron chi connectivity index (χ0n) is 13.2. The minimum Gasteiger partial charge on any atom is -0.365 e. The molecule has 2 heteroatoms. The zero-order valence-corrected chi connectivity index (χ0v) is 13.2. The number of benzene rings is 2. The van der Waals surface area contributed by atoms with E-state index in [-0.39, 0.29) is 5.60 Å². The number of fused-ring (bicyclic) bond motifs is 2. The second-order valence-electron chi connectivity index (χ2n) is 6.70. The van der Waals surface area contributed by atoms with Gasteiger partial charge >= 0.3 is 0 Å². The van der Waals surface area contributed by atoms with Crippen LogP contribution in [-0.4, -0.2) is 18.0 Å². The second-order valence-corrected chi connectivity index (χ2v) is 6.70. The van der Waals surface area contributed by atoms with Gasteiger partial charge in [-0.1, -0.05) is 54.1 Å². The molecule has 0 aliphatic carbocycles. The Morgan fingerprint density at radius 2 is 1.73 bits per heavy atom. The second kappa shape index (κ2) is 5.53. The van der Waals surface area contributed by atoms with Crippen molar-refractivity contribution < 1.29 is 4.74 Å². The molecular formula is C20H23NO. The van der Waals surface area contributed by atoms with Crippen LogP contribution in [0.15, 0.2) is 48.5 Å². The van der Waals surface area contributed by atoms with Gasteiger partial charge in [-0.05, 0) is 36.5 Å². The highest BCUT2D eigenvalue weighted by Crippen LogP contribution is 2.44. The Morgan fingerprint density at radius 3 is 2.50 bits per heavy atom. The molecule has 0 radical (unpaired) electrons. The Bertz CT molecular complexity index is 654. The van der Waals surface area contributed by atoms with E-state index in [1.807, 2.05) is 0 Å². The molecule has 0 saturated carbocycles. The molecule has 0 atom stereocenters. The quantitative estimate of drug-likeness (QED) is 0.829. The van der Waals surface area contributed by atoms with Crippen LogP contribution in [0.3, 0.4) is 0 Å². The van der Waals surface area contributed by atoms with Crippen LogP contribution in [-0.2, 0) is 23.5 Å². The molecule has 0 N–H and O–H groups in total. The Kier molecular flexibility index (Phi) is 3.51. The number of likely N-dealkylation sites (tertiary alicyclic amines) is 1. The van der Waals surface area contributed by atoms with Crippen LogP contribution in [0.5, 0.6) is 0 Å². The average molecular weight is 293 g/mol. The highest BCUT2D eigenvalue weighted by Gasteiger charge is 2.42. The third-order valence-corrected chi connectivity index (χ3v) is 5.20. The molecule has 1 spiro atoms. The number of hydrogen-bond acceptors (Lipinski definition) is 2. The summed E-state index contributed by atoms with van der Waals surface area (Å²) in [6.45, 7) is 6.21. The summed E-state index contributed by atoms with van der Waals surface area (Å²) in [5.74, 6) is 0. The first-order valence-electron chi connectivity index (χ1n) is 8.25. The maximum absolute atomic E-state index is 6.24. The fraction of sp³-hybridized carbons (Fsp3) is 0.400. The maximum Gasteiger partial charge on any atom is 0.0963 e. The molecule has 114 valence electrons. The number of nitrogens with zero attached hydrogens (tertiary/aromatic N) is 1. The van der Waals surface area contributed by atoms with Gasteiger partial charge in [0.2, 0.25) is 0 Å². The summed E-state index contributed by atoms with van der Waals surface area (Å²) in [4.78, 5) is 2.56. The van der Waals surface area contributed by atoms with Crippen molar-refractivity contribution in [3.63, 3.8) is 0 Å². The Morgan fingerprint density at radius 1 is 1.00 bits per heavy atom. The van der Waals surface area contributed by atoms with Crippen molar-refractivity contribution in [3.8, 4) is 0 Å². The molecule has 2 aliphatic rings. The van der Waals surface area contributed by atoms with Gasteiger partial charge in [0, 0.05) is 19.6 Å². The predicted octanol–water partition coefficient (Wildman–Crippen LogP) is 4.02. The lowest BCUT2D eigenvalue weighted by molar-refractivity contribution is -0.0799. The van der Waals surface area contributed by atoms with Gasteiger partial charge < -0.3 is 4.74 Å². The SMILES string of the molecule is Cc1ccc(CN2CCC3(CC2)OCc2ccccc23)cc1. The van der Waals surface area contributed by atoms with Crippen LogP contribution in [0, 0.1) is 6.92 Å². The van der Waals surface area contributed by atoms with E-state index in [0.29, 0.717) is 0 Å². The molecule has 2 aliphatic heterocycles. The summed E-state index contributed by atoms with van der Waals surface area (Å²) in [7, 11) is 0. The topological polar surface area (TPSA) is 12.5 Å². The molecule has 0 unspecified atom stereocenters. The molecule has 2 aromatic carbocycles. The third kappa shape index (κ3) is 2.47. The Labute approximate surface area is 132 Å². The maximum atomic E-state index is 6.24. The van der Waals surface area contributed by atoms with Crippen LogP contribution in [0.4, 0.5) is 0 Å². The van der Waals surface area contributed by atoms with Crippen molar-refractivity contribution in [1.29, 1.82) is 0 Å². The van der Waals surface area contributed by atoms with Gasteiger partial charge in [-0.25, -0.2) is 0 Å². The fourth-order valence-corrected chi connectivity index (χ4v) is 3.82. The van der Waals surface area contributed by atoms with Crippen molar-refractivity contribution in [2.45, 2.75) is 38.5 Å². The van der Waals surface area contributed by atoms with E-state index in [2.05, 4.69) is 60.4 Å². The molecule has 4 rings (SSSR count). The number of ether oxygens (including phenoxy) is 1. The number of piperidine rings is 1. The van der Waals surface area contributed by atoms with Gasteiger partial charge in [-0.15, -0.1) is 0 Å². The van der Waals surface area contributed by atoms with E-state index in [0.717, 1.165) is 39.1 Å². The van der Waals surface area contributed by atoms with Crippen LogP contribution in [0.2, 0.25) is 0 Å². The lowest BCUT2D eigenvalue weighted by atomic mass is 9.84. The summed E-state index contributed by atoms with van der Waals surface area (Å²) in [6.07, 6.45) is 2.21. The first kappa shape index (κ1) is 14.0. The van der Waals surface area contributed by atoms with Gasteiger partial charge in [0.1, 0.15) is 0 Å². The predicted molar refractivity (Wildman–Crippen MR) is 88.6 cm³/mol. The molecule has 1 saturated heterocycles. The molecule has 0 amide bonds. The van der Waals surface area contributed by atoms with Gasteiger partial charge in [-0.3, -0.25) is 4.90 Å². The van der Waals surface area contributed by atoms with Crippen molar-refractivity contribution in [2.24, 2.45) is 0 Å². The Balaban J connectivity index is 1.44. The summed E-state index contributed by atoms with van der Waals surface area (Å²) < 4.78 is 6.24.